The fourth-order valence-corrected chi connectivity index (χ4v) is 6.14. The normalized spacial score (nSPS) is 11.9. The zero-order chi connectivity index (χ0) is 30.0. The van der Waals surface area contributed by atoms with Gasteiger partial charge < -0.3 is 15.0 Å². The van der Waals surface area contributed by atoms with Crippen molar-refractivity contribution >= 4 is 50.7 Å². The van der Waals surface area contributed by atoms with E-state index in [1.54, 1.807) is 67.6 Å². The lowest BCUT2D eigenvalue weighted by Gasteiger charge is -2.33. The molecule has 0 radical (unpaired) electrons. The van der Waals surface area contributed by atoms with Crippen LogP contribution in [0.1, 0.15) is 38.7 Å². The number of methoxy groups -OCH3 is 1. The Morgan fingerprint density at radius 1 is 0.976 bits per heavy atom. The van der Waals surface area contributed by atoms with Crippen LogP contribution < -0.4 is 14.4 Å². The topological polar surface area (TPSA) is 96.0 Å². The number of carbonyl (C=O) groups excluding carboxylic acids is 2. The Morgan fingerprint density at radius 3 is 2.24 bits per heavy atom. The second-order valence-electron chi connectivity index (χ2n) is 9.35. The molecule has 3 aromatic carbocycles. The molecule has 0 saturated carbocycles. The first-order chi connectivity index (χ1) is 19.6. The van der Waals surface area contributed by atoms with Gasteiger partial charge in [-0.3, -0.25) is 13.9 Å². The summed E-state index contributed by atoms with van der Waals surface area (Å²) in [6, 6.07) is 18.4. The SMILES string of the molecule is CCCCNC(=O)C(CC)N(Cc1ccc(Cl)cc1Cl)C(=O)CN(c1ccccc1)S(=O)(=O)c1ccc(OC)cc1. The Hall–Kier alpha value is -3.27. The minimum atomic E-state index is -4.18. The zero-order valence-corrected chi connectivity index (χ0v) is 25.7. The van der Waals surface area contributed by atoms with Gasteiger partial charge in [0, 0.05) is 23.1 Å². The summed E-state index contributed by atoms with van der Waals surface area (Å²) in [4.78, 5) is 28.7. The Morgan fingerprint density at radius 2 is 1.66 bits per heavy atom. The Balaban J connectivity index is 2.03. The van der Waals surface area contributed by atoms with Crippen molar-refractivity contribution in [3.05, 3.63) is 88.4 Å². The molecule has 3 rings (SSSR count). The lowest BCUT2D eigenvalue weighted by atomic mass is 10.1. The molecule has 0 spiro atoms. The number of para-hydroxylation sites is 1. The van der Waals surface area contributed by atoms with Gasteiger partial charge in [-0.25, -0.2) is 8.42 Å². The highest BCUT2D eigenvalue weighted by Gasteiger charge is 2.34. The molecular formula is C30H35Cl2N3O5S. The van der Waals surface area contributed by atoms with Crippen LogP contribution >= 0.6 is 23.2 Å². The number of nitrogens with zero attached hydrogens (tertiary/aromatic N) is 2. The Kier molecular flexibility index (Phi) is 11.9. The van der Waals surface area contributed by atoms with E-state index in [0.29, 0.717) is 40.0 Å². The van der Waals surface area contributed by atoms with Crippen molar-refractivity contribution < 1.29 is 22.7 Å². The second-order valence-corrected chi connectivity index (χ2v) is 12.1. The molecular weight excluding hydrogens is 585 g/mol. The van der Waals surface area contributed by atoms with E-state index in [2.05, 4.69) is 5.32 Å². The first-order valence-electron chi connectivity index (χ1n) is 13.3. The van der Waals surface area contributed by atoms with Crippen molar-refractivity contribution in [1.29, 1.82) is 0 Å². The number of hydrogen-bond donors (Lipinski definition) is 1. The van der Waals surface area contributed by atoms with E-state index in [9.17, 15) is 18.0 Å². The second kappa shape index (κ2) is 15.1. The van der Waals surface area contributed by atoms with Gasteiger partial charge in [0.1, 0.15) is 18.3 Å². The monoisotopic (exact) mass is 619 g/mol. The molecule has 2 amide bonds. The van der Waals surface area contributed by atoms with Crippen LogP contribution in [0.3, 0.4) is 0 Å². The van der Waals surface area contributed by atoms with Crippen molar-refractivity contribution in [3.63, 3.8) is 0 Å². The zero-order valence-electron chi connectivity index (χ0n) is 23.3. The number of sulfonamides is 1. The average Bonchev–Trinajstić information content (AvgIpc) is 2.97. The number of ether oxygens (including phenoxy) is 1. The van der Waals surface area contributed by atoms with Crippen LogP contribution in [0, 0.1) is 0 Å². The molecule has 41 heavy (non-hydrogen) atoms. The van der Waals surface area contributed by atoms with E-state index < -0.39 is 28.5 Å². The molecule has 0 saturated heterocycles. The molecule has 1 atom stereocenters. The Bertz CT molecular complexity index is 1420. The van der Waals surface area contributed by atoms with E-state index in [0.717, 1.165) is 17.1 Å². The number of nitrogens with one attached hydrogen (secondary N) is 1. The fourth-order valence-electron chi connectivity index (χ4n) is 4.26. The van der Waals surface area contributed by atoms with E-state index >= 15 is 0 Å². The number of amides is 2. The number of rotatable bonds is 14. The number of anilines is 1. The van der Waals surface area contributed by atoms with Gasteiger partial charge in [-0.2, -0.15) is 0 Å². The minimum Gasteiger partial charge on any atom is -0.497 e. The third kappa shape index (κ3) is 8.38. The molecule has 0 bridgehead atoms. The van der Waals surface area contributed by atoms with Crippen molar-refractivity contribution in [2.45, 2.75) is 50.6 Å². The highest BCUT2D eigenvalue weighted by molar-refractivity contribution is 7.92. The van der Waals surface area contributed by atoms with Gasteiger partial charge in [0.2, 0.25) is 11.8 Å². The molecule has 0 aromatic heterocycles. The maximum absolute atomic E-state index is 14.1. The summed E-state index contributed by atoms with van der Waals surface area (Å²) in [5.41, 5.74) is 0.884. The van der Waals surface area contributed by atoms with Crippen LogP contribution in [-0.2, 0) is 26.2 Å². The standard InChI is InChI=1S/C30H35Cl2N3O5S/c1-4-6-18-33-30(37)28(5-2)34(20-22-12-13-23(31)19-27(22)32)29(36)21-35(24-10-8-7-9-11-24)41(38,39)26-16-14-25(40-3)15-17-26/h7-17,19,28H,4-6,18,20-21H2,1-3H3,(H,33,37). The van der Waals surface area contributed by atoms with Crippen molar-refractivity contribution in [1.82, 2.24) is 10.2 Å². The maximum atomic E-state index is 14.1. The summed E-state index contributed by atoms with van der Waals surface area (Å²) in [5, 5.41) is 3.67. The number of carbonyl (C=O) groups is 2. The lowest BCUT2D eigenvalue weighted by Crippen LogP contribution is -2.52. The van der Waals surface area contributed by atoms with E-state index in [1.807, 2.05) is 6.92 Å². The third-order valence-electron chi connectivity index (χ3n) is 6.54. The number of unbranched alkanes of at least 4 members (excludes halogenated alkanes) is 1. The van der Waals surface area contributed by atoms with E-state index in [4.69, 9.17) is 27.9 Å². The van der Waals surface area contributed by atoms with E-state index in [1.165, 1.54) is 24.1 Å². The molecule has 0 heterocycles. The quantitative estimate of drug-likeness (QED) is 0.226. The van der Waals surface area contributed by atoms with E-state index in [-0.39, 0.29) is 17.3 Å². The van der Waals surface area contributed by atoms with Crippen LogP contribution in [-0.4, -0.2) is 51.4 Å². The van der Waals surface area contributed by atoms with Gasteiger partial charge >= 0.3 is 0 Å². The molecule has 8 nitrogen and oxygen atoms in total. The molecule has 3 aromatic rings. The smallest absolute Gasteiger partial charge is 0.264 e. The number of halogens is 2. The molecule has 1 unspecified atom stereocenters. The van der Waals surface area contributed by atoms with Crippen LogP contribution in [0.5, 0.6) is 5.75 Å². The Labute approximate surface area is 252 Å². The molecule has 11 heteroatoms. The number of hydrogen-bond acceptors (Lipinski definition) is 5. The third-order valence-corrected chi connectivity index (χ3v) is 8.92. The summed E-state index contributed by atoms with van der Waals surface area (Å²) < 4.78 is 34.0. The molecule has 0 fully saturated rings. The summed E-state index contributed by atoms with van der Waals surface area (Å²) in [7, 11) is -2.69. The average molecular weight is 621 g/mol. The minimum absolute atomic E-state index is 0.00778. The highest BCUT2D eigenvalue weighted by Crippen LogP contribution is 2.27. The molecule has 220 valence electrons. The van der Waals surface area contributed by atoms with Crippen molar-refractivity contribution in [2.75, 3.05) is 24.5 Å². The first kappa shape index (κ1) is 32.2. The van der Waals surface area contributed by atoms with Gasteiger partial charge in [-0.15, -0.1) is 0 Å². The molecule has 0 aliphatic heterocycles. The summed E-state index contributed by atoms with van der Waals surface area (Å²) in [6.07, 6.45) is 2.00. The van der Waals surface area contributed by atoms with Gasteiger partial charge in [0.25, 0.3) is 10.0 Å². The van der Waals surface area contributed by atoms with Gasteiger partial charge in [-0.05, 0) is 66.9 Å². The van der Waals surface area contributed by atoms with Crippen LogP contribution in [0.2, 0.25) is 10.0 Å². The fraction of sp³-hybridized carbons (Fsp3) is 0.333. The maximum Gasteiger partial charge on any atom is 0.264 e. The van der Waals surface area contributed by atoms with Gasteiger partial charge in [0.05, 0.1) is 17.7 Å². The summed E-state index contributed by atoms with van der Waals surface area (Å²) in [5.74, 6) is -0.379. The largest absolute Gasteiger partial charge is 0.497 e. The van der Waals surface area contributed by atoms with Gasteiger partial charge in [0.15, 0.2) is 0 Å². The van der Waals surface area contributed by atoms with Crippen LogP contribution in [0.15, 0.2) is 77.7 Å². The first-order valence-corrected chi connectivity index (χ1v) is 15.5. The van der Waals surface area contributed by atoms with Crippen molar-refractivity contribution in [2.24, 2.45) is 0 Å². The predicted octanol–water partition coefficient (Wildman–Crippen LogP) is 5.92. The van der Waals surface area contributed by atoms with Gasteiger partial charge in [-0.1, -0.05) is 67.7 Å². The summed E-state index contributed by atoms with van der Waals surface area (Å²) >= 11 is 12.5. The number of benzene rings is 3. The predicted molar refractivity (Wildman–Crippen MR) is 163 cm³/mol. The molecule has 1 N–H and O–H groups in total. The van der Waals surface area contributed by atoms with Crippen molar-refractivity contribution in [3.8, 4) is 5.75 Å². The lowest BCUT2D eigenvalue weighted by molar-refractivity contribution is -0.140. The highest BCUT2D eigenvalue weighted by atomic mass is 35.5. The van der Waals surface area contributed by atoms with Crippen LogP contribution in [0.4, 0.5) is 5.69 Å². The molecule has 0 aliphatic carbocycles. The van der Waals surface area contributed by atoms with Crippen LogP contribution in [0.25, 0.3) is 0 Å². The summed E-state index contributed by atoms with van der Waals surface area (Å²) in [6.45, 7) is 3.74. The molecule has 0 aliphatic rings.